The molecule has 0 aliphatic carbocycles. The van der Waals surface area contributed by atoms with Crippen molar-refractivity contribution in [3.63, 3.8) is 0 Å². The van der Waals surface area contributed by atoms with Crippen molar-refractivity contribution in [2.24, 2.45) is 0 Å². The molecule has 2 amide bonds. The number of aromatic nitrogens is 1. The first-order valence-electron chi connectivity index (χ1n) is 6.57. The molecule has 114 valence electrons. The first kappa shape index (κ1) is 16.6. The molecule has 7 heteroatoms. The molecule has 0 radical (unpaired) electrons. The SMILES string of the molecule is CC(=O)NCCN(C(=O)Cc1cccnc1)C(C)C(=O)O. The van der Waals surface area contributed by atoms with Crippen molar-refractivity contribution in [2.75, 3.05) is 13.1 Å². The minimum Gasteiger partial charge on any atom is -0.480 e. The van der Waals surface area contributed by atoms with Crippen LogP contribution in [-0.2, 0) is 20.8 Å². The lowest BCUT2D eigenvalue weighted by atomic mass is 10.1. The number of rotatable bonds is 7. The van der Waals surface area contributed by atoms with Gasteiger partial charge in [-0.2, -0.15) is 0 Å². The van der Waals surface area contributed by atoms with E-state index < -0.39 is 12.0 Å². The maximum absolute atomic E-state index is 12.3. The number of nitrogens with one attached hydrogen (secondary N) is 1. The number of amides is 2. The van der Waals surface area contributed by atoms with Crippen molar-refractivity contribution >= 4 is 17.8 Å². The van der Waals surface area contributed by atoms with Crippen LogP contribution in [-0.4, -0.2) is 51.9 Å². The fourth-order valence-corrected chi connectivity index (χ4v) is 1.80. The van der Waals surface area contributed by atoms with E-state index in [0.717, 1.165) is 0 Å². The minimum absolute atomic E-state index is 0.0749. The molecule has 0 aliphatic rings. The second-order valence-corrected chi connectivity index (χ2v) is 4.62. The third-order valence-corrected chi connectivity index (χ3v) is 2.95. The summed E-state index contributed by atoms with van der Waals surface area (Å²) in [7, 11) is 0. The van der Waals surface area contributed by atoms with Crippen LogP contribution in [0.3, 0.4) is 0 Å². The summed E-state index contributed by atoms with van der Waals surface area (Å²) in [5, 5.41) is 11.6. The number of hydrogen-bond acceptors (Lipinski definition) is 4. The molecule has 2 N–H and O–H groups in total. The largest absolute Gasteiger partial charge is 0.480 e. The Morgan fingerprint density at radius 2 is 2.14 bits per heavy atom. The number of aliphatic carboxylic acids is 1. The number of carboxylic acid groups (broad SMARTS) is 1. The average Bonchev–Trinajstić information content (AvgIpc) is 2.43. The molecule has 0 fully saturated rings. The highest BCUT2D eigenvalue weighted by Gasteiger charge is 2.25. The van der Waals surface area contributed by atoms with E-state index >= 15 is 0 Å². The molecule has 0 aromatic carbocycles. The van der Waals surface area contributed by atoms with Crippen LogP contribution in [0.15, 0.2) is 24.5 Å². The van der Waals surface area contributed by atoms with Crippen molar-refractivity contribution in [3.05, 3.63) is 30.1 Å². The molecule has 7 nitrogen and oxygen atoms in total. The quantitative estimate of drug-likeness (QED) is 0.740. The predicted molar refractivity (Wildman–Crippen MR) is 75.4 cm³/mol. The molecular formula is C14H19N3O4. The summed E-state index contributed by atoms with van der Waals surface area (Å²) in [6.07, 6.45) is 3.24. The molecule has 1 rings (SSSR count). The van der Waals surface area contributed by atoms with Crippen LogP contribution in [0.4, 0.5) is 0 Å². The molecule has 1 heterocycles. The topological polar surface area (TPSA) is 99.6 Å². The zero-order valence-corrected chi connectivity index (χ0v) is 12.1. The normalized spacial score (nSPS) is 11.5. The van der Waals surface area contributed by atoms with Gasteiger partial charge in [0.05, 0.1) is 6.42 Å². The van der Waals surface area contributed by atoms with Crippen LogP contribution in [0.2, 0.25) is 0 Å². The van der Waals surface area contributed by atoms with Gasteiger partial charge in [-0.1, -0.05) is 6.07 Å². The standard InChI is InChI=1S/C14H19N3O4/c1-10(14(20)21)17(7-6-16-11(2)18)13(19)8-12-4-3-5-15-9-12/h3-5,9-10H,6-8H2,1-2H3,(H,16,18)(H,20,21). The fourth-order valence-electron chi connectivity index (χ4n) is 1.80. The zero-order valence-electron chi connectivity index (χ0n) is 12.1. The molecule has 0 saturated carbocycles. The van der Waals surface area contributed by atoms with Crippen LogP contribution < -0.4 is 5.32 Å². The highest BCUT2D eigenvalue weighted by atomic mass is 16.4. The summed E-state index contributed by atoms with van der Waals surface area (Å²) in [6.45, 7) is 3.16. The average molecular weight is 293 g/mol. The second kappa shape index (κ2) is 7.98. The van der Waals surface area contributed by atoms with E-state index in [1.54, 1.807) is 24.5 Å². The third-order valence-electron chi connectivity index (χ3n) is 2.95. The van der Waals surface area contributed by atoms with Gasteiger partial charge in [-0.25, -0.2) is 4.79 Å². The van der Waals surface area contributed by atoms with Gasteiger partial charge >= 0.3 is 5.97 Å². The zero-order chi connectivity index (χ0) is 15.8. The molecular weight excluding hydrogens is 274 g/mol. The third kappa shape index (κ3) is 5.60. The summed E-state index contributed by atoms with van der Waals surface area (Å²) in [6, 6.07) is 2.51. The van der Waals surface area contributed by atoms with Crippen LogP contribution in [0.1, 0.15) is 19.4 Å². The lowest BCUT2D eigenvalue weighted by Crippen LogP contribution is -2.47. The smallest absolute Gasteiger partial charge is 0.326 e. The Bertz CT molecular complexity index is 504. The van der Waals surface area contributed by atoms with E-state index in [1.165, 1.54) is 18.7 Å². The molecule has 0 bridgehead atoms. The van der Waals surface area contributed by atoms with Crippen molar-refractivity contribution in [1.29, 1.82) is 0 Å². The van der Waals surface area contributed by atoms with Gasteiger partial charge < -0.3 is 15.3 Å². The van der Waals surface area contributed by atoms with Crippen LogP contribution in [0.5, 0.6) is 0 Å². The van der Waals surface area contributed by atoms with Crippen LogP contribution in [0.25, 0.3) is 0 Å². The molecule has 1 atom stereocenters. The predicted octanol–water partition coefficient (Wildman–Crippen LogP) is 0.0619. The number of carbonyl (C=O) groups excluding carboxylic acids is 2. The lowest BCUT2D eigenvalue weighted by Gasteiger charge is -2.26. The van der Waals surface area contributed by atoms with E-state index in [2.05, 4.69) is 10.3 Å². The molecule has 1 aromatic heterocycles. The van der Waals surface area contributed by atoms with Crippen LogP contribution >= 0.6 is 0 Å². The Hall–Kier alpha value is -2.44. The molecule has 1 unspecified atom stereocenters. The van der Waals surface area contributed by atoms with Gasteiger partial charge in [0, 0.05) is 32.4 Å². The van der Waals surface area contributed by atoms with Gasteiger partial charge in [-0.05, 0) is 18.6 Å². The number of hydrogen-bond donors (Lipinski definition) is 2. The van der Waals surface area contributed by atoms with Crippen LogP contribution in [0, 0.1) is 0 Å². The Labute approximate surface area is 123 Å². The summed E-state index contributed by atoms with van der Waals surface area (Å²) in [4.78, 5) is 39.4. The highest BCUT2D eigenvalue weighted by Crippen LogP contribution is 2.05. The first-order valence-corrected chi connectivity index (χ1v) is 6.57. The van der Waals surface area contributed by atoms with E-state index in [0.29, 0.717) is 5.56 Å². The Morgan fingerprint density at radius 3 is 2.67 bits per heavy atom. The van der Waals surface area contributed by atoms with Crippen molar-refractivity contribution in [2.45, 2.75) is 26.3 Å². The molecule has 1 aromatic rings. The van der Waals surface area contributed by atoms with Gasteiger partial charge in [-0.15, -0.1) is 0 Å². The monoisotopic (exact) mass is 293 g/mol. The van der Waals surface area contributed by atoms with Gasteiger partial charge in [0.15, 0.2) is 0 Å². The van der Waals surface area contributed by atoms with Gasteiger partial charge in [0.25, 0.3) is 0 Å². The van der Waals surface area contributed by atoms with E-state index in [-0.39, 0.29) is 31.3 Å². The minimum atomic E-state index is -1.09. The van der Waals surface area contributed by atoms with Crippen molar-refractivity contribution in [1.82, 2.24) is 15.2 Å². The summed E-state index contributed by atoms with van der Waals surface area (Å²) in [5.41, 5.74) is 0.713. The van der Waals surface area contributed by atoms with Gasteiger partial charge in [-0.3, -0.25) is 14.6 Å². The maximum atomic E-state index is 12.3. The second-order valence-electron chi connectivity index (χ2n) is 4.62. The van der Waals surface area contributed by atoms with E-state index in [1.807, 2.05) is 0 Å². The maximum Gasteiger partial charge on any atom is 0.326 e. The Morgan fingerprint density at radius 1 is 1.43 bits per heavy atom. The number of carboxylic acids is 1. The number of carbonyl (C=O) groups is 3. The van der Waals surface area contributed by atoms with Gasteiger partial charge in [0.1, 0.15) is 6.04 Å². The van der Waals surface area contributed by atoms with Crippen molar-refractivity contribution in [3.8, 4) is 0 Å². The molecule has 0 aliphatic heterocycles. The Kier molecular flexibility index (Phi) is 6.32. The highest BCUT2D eigenvalue weighted by molar-refractivity contribution is 5.84. The molecule has 0 spiro atoms. The first-order chi connectivity index (χ1) is 9.91. The molecule has 21 heavy (non-hydrogen) atoms. The molecule has 0 saturated heterocycles. The summed E-state index contributed by atoms with van der Waals surface area (Å²) >= 11 is 0. The number of nitrogens with zero attached hydrogens (tertiary/aromatic N) is 2. The van der Waals surface area contributed by atoms with E-state index in [9.17, 15) is 14.4 Å². The number of pyridine rings is 1. The summed E-state index contributed by atoms with van der Waals surface area (Å²) < 4.78 is 0. The van der Waals surface area contributed by atoms with E-state index in [4.69, 9.17) is 5.11 Å². The lowest BCUT2D eigenvalue weighted by molar-refractivity contribution is -0.149. The van der Waals surface area contributed by atoms with Crippen molar-refractivity contribution < 1.29 is 19.5 Å². The fraction of sp³-hybridized carbons (Fsp3) is 0.429. The summed E-state index contributed by atoms with van der Waals surface area (Å²) in [5.74, 6) is -1.63. The van der Waals surface area contributed by atoms with Gasteiger partial charge in [0.2, 0.25) is 11.8 Å². The Balaban J connectivity index is 2.72.